The number of amides is 1. The molecule has 1 N–H and O–H groups in total. The first kappa shape index (κ1) is 16.7. The molecule has 0 radical (unpaired) electrons. The van der Waals surface area contributed by atoms with E-state index in [2.05, 4.69) is 5.32 Å². The summed E-state index contributed by atoms with van der Waals surface area (Å²) in [6.07, 6.45) is -0.703. The minimum absolute atomic E-state index is 0.0243. The van der Waals surface area contributed by atoms with Crippen LogP contribution >= 0.6 is 10.7 Å². The Hall–Kier alpha value is -1.31. The summed E-state index contributed by atoms with van der Waals surface area (Å²) >= 11 is 0. The normalized spacial score (nSPS) is 12.8. The number of halogens is 1. The molecule has 1 aromatic rings. The highest BCUT2D eigenvalue weighted by Crippen LogP contribution is 2.19. The van der Waals surface area contributed by atoms with Crippen LogP contribution in [-0.4, -0.2) is 40.7 Å². The van der Waals surface area contributed by atoms with E-state index in [9.17, 15) is 13.2 Å². The number of hydrogen-bond acceptors (Lipinski definition) is 5. The molecule has 1 amide bonds. The van der Waals surface area contributed by atoms with E-state index >= 15 is 0 Å². The third-order valence-corrected chi connectivity index (χ3v) is 3.76. The molecule has 0 aliphatic heterocycles. The van der Waals surface area contributed by atoms with E-state index < -0.39 is 15.2 Å². The SMILES string of the molecule is COCCNC(=O)C(C)Oc1ccc(S(=O)(=O)Cl)cc1. The summed E-state index contributed by atoms with van der Waals surface area (Å²) < 4.78 is 32.3. The Morgan fingerprint density at radius 2 is 1.95 bits per heavy atom. The summed E-state index contributed by atoms with van der Waals surface area (Å²) in [5.74, 6) is 0.0968. The van der Waals surface area contributed by atoms with Crippen molar-refractivity contribution in [3.63, 3.8) is 0 Å². The Kier molecular flexibility index (Phi) is 6.25. The zero-order chi connectivity index (χ0) is 15.2. The van der Waals surface area contributed by atoms with E-state index in [4.69, 9.17) is 20.2 Å². The van der Waals surface area contributed by atoms with Crippen LogP contribution in [0.4, 0.5) is 0 Å². The van der Waals surface area contributed by atoms with Crippen LogP contribution in [0.5, 0.6) is 5.75 Å². The number of hydrogen-bond donors (Lipinski definition) is 1. The average Bonchev–Trinajstić information content (AvgIpc) is 2.38. The first-order chi connectivity index (χ1) is 9.34. The van der Waals surface area contributed by atoms with Crippen LogP contribution in [0.2, 0.25) is 0 Å². The molecule has 0 aliphatic rings. The highest BCUT2D eigenvalue weighted by atomic mass is 35.7. The van der Waals surface area contributed by atoms with Crippen molar-refractivity contribution < 1.29 is 22.7 Å². The van der Waals surface area contributed by atoms with Gasteiger partial charge in [-0.25, -0.2) is 8.42 Å². The first-order valence-corrected chi connectivity index (χ1v) is 8.13. The molecule has 1 unspecified atom stereocenters. The van der Waals surface area contributed by atoms with Gasteiger partial charge in [-0.1, -0.05) is 0 Å². The van der Waals surface area contributed by atoms with E-state index in [1.807, 2.05) is 0 Å². The van der Waals surface area contributed by atoms with Gasteiger partial charge in [0.25, 0.3) is 15.0 Å². The molecule has 112 valence electrons. The van der Waals surface area contributed by atoms with Gasteiger partial charge in [0.2, 0.25) is 0 Å². The molecule has 0 aromatic heterocycles. The molecule has 0 heterocycles. The molecule has 0 bridgehead atoms. The molecule has 20 heavy (non-hydrogen) atoms. The maximum Gasteiger partial charge on any atom is 0.261 e. The van der Waals surface area contributed by atoms with Gasteiger partial charge in [-0.15, -0.1) is 0 Å². The number of carbonyl (C=O) groups is 1. The van der Waals surface area contributed by atoms with Gasteiger partial charge in [-0.3, -0.25) is 4.79 Å². The molecule has 0 aliphatic carbocycles. The van der Waals surface area contributed by atoms with Gasteiger partial charge in [0.1, 0.15) is 5.75 Å². The van der Waals surface area contributed by atoms with Crippen LogP contribution < -0.4 is 10.1 Å². The predicted octanol–water partition coefficient (Wildman–Crippen LogP) is 1.14. The lowest BCUT2D eigenvalue weighted by molar-refractivity contribution is -0.127. The second-order valence-electron chi connectivity index (χ2n) is 3.95. The quantitative estimate of drug-likeness (QED) is 0.601. The molecular weight excluding hydrogens is 306 g/mol. The molecule has 1 atom stereocenters. The van der Waals surface area contributed by atoms with Gasteiger partial charge in [0.05, 0.1) is 11.5 Å². The summed E-state index contributed by atoms with van der Waals surface area (Å²) in [5.41, 5.74) is 0. The minimum atomic E-state index is -3.76. The lowest BCUT2D eigenvalue weighted by Gasteiger charge is -2.14. The summed E-state index contributed by atoms with van der Waals surface area (Å²) in [4.78, 5) is 11.6. The number of benzene rings is 1. The zero-order valence-corrected chi connectivity index (χ0v) is 12.7. The van der Waals surface area contributed by atoms with E-state index in [1.165, 1.54) is 24.3 Å². The third kappa shape index (κ3) is 5.36. The molecule has 0 fully saturated rings. The van der Waals surface area contributed by atoms with Crippen molar-refractivity contribution >= 4 is 25.6 Å². The van der Waals surface area contributed by atoms with Gasteiger partial charge in [-0.2, -0.15) is 0 Å². The van der Waals surface area contributed by atoms with Crippen molar-refractivity contribution in [3.8, 4) is 5.75 Å². The summed E-state index contributed by atoms with van der Waals surface area (Å²) in [6.45, 7) is 2.40. The zero-order valence-electron chi connectivity index (χ0n) is 11.1. The van der Waals surface area contributed by atoms with E-state index in [1.54, 1.807) is 14.0 Å². The second kappa shape index (κ2) is 7.47. The summed E-state index contributed by atoms with van der Waals surface area (Å²) in [7, 11) is 2.98. The Morgan fingerprint density at radius 1 is 1.35 bits per heavy atom. The number of carbonyl (C=O) groups excluding carboxylic acids is 1. The fourth-order valence-electron chi connectivity index (χ4n) is 1.36. The molecule has 8 heteroatoms. The van der Waals surface area contributed by atoms with Gasteiger partial charge in [0.15, 0.2) is 6.10 Å². The molecular formula is C12H16ClNO5S. The third-order valence-electron chi connectivity index (χ3n) is 2.39. The maximum absolute atomic E-state index is 11.6. The Balaban J connectivity index is 2.58. The Bertz CT molecular complexity index is 543. The van der Waals surface area contributed by atoms with Crippen LogP contribution in [0.1, 0.15) is 6.92 Å². The molecule has 0 spiro atoms. The van der Waals surface area contributed by atoms with E-state index in [0.29, 0.717) is 18.9 Å². The predicted molar refractivity (Wildman–Crippen MR) is 74.5 cm³/mol. The largest absolute Gasteiger partial charge is 0.481 e. The first-order valence-electron chi connectivity index (χ1n) is 5.82. The molecule has 1 aromatic carbocycles. The minimum Gasteiger partial charge on any atom is -0.481 e. The van der Waals surface area contributed by atoms with Crippen molar-refractivity contribution in [1.29, 1.82) is 0 Å². The monoisotopic (exact) mass is 321 g/mol. The number of rotatable bonds is 7. The van der Waals surface area contributed by atoms with E-state index in [0.717, 1.165) is 0 Å². The molecule has 0 saturated heterocycles. The topological polar surface area (TPSA) is 81.7 Å². The van der Waals surface area contributed by atoms with Crippen molar-refractivity contribution in [2.75, 3.05) is 20.3 Å². The smallest absolute Gasteiger partial charge is 0.261 e. The summed E-state index contributed by atoms with van der Waals surface area (Å²) in [5, 5.41) is 2.63. The van der Waals surface area contributed by atoms with Crippen molar-refractivity contribution in [2.45, 2.75) is 17.9 Å². The van der Waals surface area contributed by atoms with Crippen molar-refractivity contribution in [3.05, 3.63) is 24.3 Å². The molecule has 0 saturated carbocycles. The Labute approximate surface area is 122 Å². The highest BCUT2D eigenvalue weighted by Gasteiger charge is 2.15. The van der Waals surface area contributed by atoms with Gasteiger partial charge in [-0.05, 0) is 31.2 Å². The van der Waals surface area contributed by atoms with Gasteiger partial charge >= 0.3 is 0 Å². The van der Waals surface area contributed by atoms with Crippen LogP contribution in [-0.2, 0) is 18.6 Å². The summed E-state index contributed by atoms with van der Waals surface area (Å²) in [6, 6.07) is 5.50. The Morgan fingerprint density at radius 3 is 2.45 bits per heavy atom. The van der Waals surface area contributed by atoms with Crippen molar-refractivity contribution in [1.82, 2.24) is 5.32 Å². The van der Waals surface area contributed by atoms with Crippen molar-refractivity contribution in [2.24, 2.45) is 0 Å². The number of ether oxygens (including phenoxy) is 2. The fraction of sp³-hybridized carbons (Fsp3) is 0.417. The molecule has 1 rings (SSSR count). The number of nitrogens with one attached hydrogen (secondary N) is 1. The second-order valence-corrected chi connectivity index (χ2v) is 6.52. The van der Waals surface area contributed by atoms with Crippen LogP contribution in [0.15, 0.2) is 29.2 Å². The number of methoxy groups -OCH3 is 1. The van der Waals surface area contributed by atoms with Gasteiger partial charge in [0, 0.05) is 24.3 Å². The lowest BCUT2D eigenvalue weighted by atomic mass is 10.3. The average molecular weight is 322 g/mol. The van der Waals surface area contributed by atoms with E-state index in [-0.39, 0.29) is 10.8 Å². The van der Waals surface area contributed by atoms with Crippen LogP contribution in [0.3, 0.4) is 0 Å². The van der Waals surface area contributed by atoms with Gasteiger partial charge < -0.3 is 14.8 Å². The fourth-order valence-corrected chi connectivity index (χ4v) is 2.13. The molecule has 6 nitrogen and oxygen atoms in total. The van der Waals surface area contributed by atoms with Crippen LogP contribution in [0, 0.1) is 0 Å². The lowest BCUT2D eigenvalue weighted by Crippen LogP contribution is -2.37. The maximum atomic E-state index is 11.6. The highest BCUT2D eigenvalue weighted by molar-refractivity contribution is 8.13. The van der Waals surface area contributed by atoms with Crippen LogP contribution in [0.25, 0.3) is 0 Å². The standard InChI is InChI=1S/C12H16ClNO5S/c1-9(12(15)14-7-8-18-2)19-10-3-5-11(6-4-10)20(13,16)17/h3-6,9H,7-8H2,1-2H3,(H,14,15).